The molecule has 1 aromatic carbocycles. The second kappa shape index (κ2) is 6.46. The Hall–Kier alpha value is -1.26. The predicted octanol–water partition coefficient (Wildman–Crippen LogP) is 2.01. The number of halogens is 1. The van der Waals surface area contributed by atoms with Gasteiger partial charge in [0, 0.05) is 12.2 Å². The number of ether oxygens (including phenoxy) is 1. The maximum absolute atomic E-state index is 12.2. The molecule has 0 aromatic heterocycles. The standard InChI is InChI=1S/C15H20N2O2.ClH/c1-19-13-4-5-14-12(8-13)6-7-17(14)15(18)10-16-9-11-2-3-11;/h4-5,8,11,16H,2-3,6-7,9-10H2,1H3;1H. The second-order valence-corrected chi connectivity index (χ2v) is 5.36. The third-order valence-corrected chi connectivity index (χ3v) is 3.89. The number of anilines is 1. The van der Waals surface area contributed by atoms with Crippen molar-refractivity contribution in [3.63, 3.8) is 0 Å². The van der Waals surface area contributed by atoms with Gasteiger partial charge >= 0.3 is 0 Å². The lowest BCUT2D eigenvalue weighted by Gasteiger charge is -2.18. The average Bonchev–Trinajstić information content (AvgIpc) is 3.15. The largest absolute Gasteiger partial charge is 0.497 e. The van der Waals surface area contributed by atoms with Crippen LogP contribution < -0.4 is 15.0 Å². The molecule has 1 N–H and O–H groups in total. The number of hydrogen-bond donors (Lipinski definition) is 1. The highest BCUT2D eigenvalue weighted by Gasteiger charge is 2.25. The van der Waals surface area contributed by atoms with Gasteiger partial charge in [-0.2, -0.15) is 0 Å². The molecular formula is C15H21ClN2O2. The van der Waals surface area contributed by atoms with Crippen molar-refractivity contribution < 1.29 is 9.53 Å². The molecule has 1 aromatic rings. The Kier molecular flexibility index (Phi) is 4.89. The van der Waals surface area contributed by atoms with E-state index in [1.54, 1.807) is 7.11 Å². The van der Waals surface area contributed by atoms with Gasteiger partial charge in [-0.15, -0.1) is 12.4 Å². The first kappa shape index (κ1) is 15.1. The van der Waals surface area contributed by atoms with Gasteiger partial charge in [-0.25, -0.2) is 0 Å². The molecular weight excluding hydrogens is 276 g/mol. The zero-order chi connectivity index (χ0) is 13.2. The van der Waals surface area contributed by atoms with Crippen LogP contribution in [0.3, 0.4) is 0 Å². The monoisotopic (exact) mass is 296 g/mol. The maximum atomic E-state index is 12.2. The van der Waals surface area contributed by atoms with E-state index in [-0.39, 0.29) is 18.3 Å². The molecule has 4 nitrogen and oxygen atoms in total. The minimum atomic E-state index is 0. The van der Waals surface area contributed by atoms with Crippen LogP contribution in [0.4, 0.5) is 5.69 Å². The van der Waals surface area contributed by atoms with Gasteiger partial charge in [0.2, 0.25) is 5.91 Å². The fraction of sp³-hybridized carbons (Fsp3) is 0.533. The van der Waals surface area contributed by atoms with E-state index >= 15 is 0 Å². The lowest BCUT2D eigenvalue weighted by molar-refractivity contribution is -0.117. The minimum Gasteiger partial charge on any atom is -0.497 e. The van der Waals surface area contributed by atoms with Gasteiger partial charge < -0.3 is 15.0 Å². The van der Waals surface area contributed by atoms with Crippen molar-refractivity contribution in [1.29, 1.82) is 0 Å². The van der Waals surface area contributed by atoms with Crippen LogP contribution in [-0.2, 0) is 11.2 Å². The van der Waals surface area contributed by atoms with Crippen molar-refractivity contribution >= 4 is 24.0 Å². The van der Waals surface area contributed by atoms with Crippen LogP contribution in [0, 0.1) is 5.92 Å². The highest BCUT2D eigenvalue weighted by atomic mass is 35.5. The van der Waals surface area contributed by atoms with E-state index < -0.39 is 0 Å². The number of carbonyl (C=O) groups is 1. The summed E-state index contributed by atoms with van der Waals surface area (Å²) < 4.78 is 5.22. The van der Waals surface area contributed by atoms with E-state index in [0.29, 0.717) is 6.54 Å². The number of rotatable bonds is 5. The molecule has 0 unspecified atom stereocenters. The van der Waals surface area contributed by atoms with E-state index in [4.69, 9.17) is 4.74 Å². The number of nitrogens with one attached hydrogen (secondary N) is 1. The van der Waals surface area contributed by atoms with Gasteiger partial charge in [-0.3, -0.25) is 4.79 Å². The van der Waals surface area contributed by atoms with Gasteiger partial charge in [0.25, 0.3) is 0 Å². The van der Waals surface area contributed by atoms with Crippen LogP contribution in [0.15, 0.2) is 18.2 Å². The van der Waals surface area contributed by atoms with Crippen LogP contribution in [0.1, 0.15) is 18.4 Å². The zero-order valence-electron chi connectivity index (χ0n) is 11.7. The molecule has 0 spiro atoms. The third-order valence-electron chi connectivity index (χ3n) is 3.89. The van der Waals surface area contributed by atoms with Crippen molar-refractivity contribution in [3.05, 3.63) is 23.8 Å². The van der Waals surface area contributed by atoms with Crippen LogP contribution in [0.5, 0.6) is 5.75 Å². The average molecular weight is 297 g/mol. The summed E-state index contributed by atoms with van der Waals surface area (Å²) in [4.78, 5) is 14.1. The van der Waals surface area contributed by atoms with E-state index in [0.717, 1.165) is 36.9 Å². The summed E-state index contributed by atoms with van der Waals surface area (Å²) in [7, 11) is 1.67. The molecule has 1 fully saturated rings. The zero-order valence-corrected chi connectivity index (χ0v) is 12.5. The van der Waals surface area contributed by atoms with Gasteiger partial charge in [0.05, 0.1) is 13.7 Å². The Bertz CT molecular complexity index is 489. The van der Waals surface area contributed by atoms with Gasteiger partial charge in [0.15, 0.2) is 0 Å². The van der Waals surface area contributed by atoms with Crippen LogP contribution in [0.2, 0.25) is 0 Å². The Morgan fingerprint density at radius 1 is 1.45 bits per heavy atom. The molecule has 3 rings (SSSR count). The topological polar surface area (TPSA) is 41.6 Å². The Morgan fingerprint density at radius 3 is 2.95 bits per heavy atom. The Balaban J connectivity index is 0.00000147. The molecule has 1 aliphatic carbocycles. The van der Waals surface area contributed by atoms with Crippen LogP contribution in [-0.4, -0.2) is 32.7 Å². The van der Waals surface area contributed by atoms with E-state index in [9.17, 15) is 4.79 Å². The number of methoxy groups -OCH3 is 1. The molecule has 20 heavy (non-hydrogen) atoms. The normalized spacial score (nSPS) is 16.6. The summed E-state index contributed by atoms with van der Waals surface area (Å²) in [6.07, 6.45) is 3.54. The van der Waals surface area contributed by atoms with Crippen molar-refractivity contribution in [2.75, 3.05) is 31.6 Å². The number of nitrogens with zero attached hydrogens (tertiary/aromatic N) is 1. The fourth-order valence-corrected chi connectivity index (χ4v) is 2.56. The van der Waals surface area contributed by atoms with Gasteiger partial charge in [-0.05, 0) is 55.5 Å². The van der Waals surface area contributed by atoms with E-state index in [1.807, 2.05) is 23.1 Å². The maximum Gasteiger partial charge on any atom is 0.240 e. The Morgan fingerprint density at radius 2 is 2.25 bits per heavy atom. The number of benzene rings is 1. The van der Waals surface area contributed by atoms with Crippen molar-refractivity contribution in [2.24, 2.45) is 5.92 Å². The third kappa shape index (κ3) is 3.25. The van der Waals surface area contributed by atoms with Crippen LogP contribution in [0.25, 0.3) is 0 Å². The molecule has 1 heterocycles. The summed E-state index contributed by atoms with van der Waals surface area (Å²) in [5.41, 5.74) is 2.24. The highest BCUT2D eigenvalue weighted by molar-refractivity contribution is 5.96. The van der Waals surface area contributed by atoms with Gasteiger partial charge in [-0.1, -0.05) is 0 Å². The van der Waals surface area contributed by atoms with Crippen molar-refractivity contribution in [1.82, 2.24) is 5.32 Å². The van der Waals surface area contributed by atoms with E-state index in [2.05, 4.69) is 5.32 Å². The summed E-state index contributed by atoms with van der Waals surface area (Å²) in [5, 5.41) is 3.26. The van der Waals surface area contributed by atoms with E-state index in [1.165, 1.54) is 18.4 Å². The number of hydrogen-bond acceptors (Lipinski definition) is 3. The molecule has 0 saturated heterocycles. The molecule has 0 bridgehead atoms. The SMILES string of the molecule is COc1ccc2c(c1)CCN2C(=O)CNCC1CC1.Cl. The number of amides is 1. The summed E-state index contributed by atoms with van der Waals surface area (Å²) in [6.45, 7) is 2.21. The summed E-state index contributed by atoms with van der Waals surface area (Å²) in [5.74, 6) is 1.84. The summed E-state index contributed by atoms with van der Waals surface area (Å²) >= 11 is 0. The molecule has 2 aliphatic rings. The lowest BCUT2D eigenvalue weighted by atomic mass is 10.1. The molecule has 1 aliphatic heterocycles. The second-order valence-electron chi connectivity index (χ2n) is 5.36. The first-order valence-electron chi connectivity index (χ1n) is 6.96. The first-order valence-corrected chi connectivity index (χ1v) is 6.96. The minimum absolute atomic E-state index is 0. The highest BCUT2D eigenvalue weighted by Crippen LogP contribution is 2.31. The summed E-state index contributed by atoms with van der Waals surface area (Å²) in [6, 6.07) is 5.93. The molecule has 0 radical (unpaired) electrons. The smallest absolute Gasteiger partial charge is 0.240 e. The van der Waals surface area contributed by atoms with Gasteiger partial charge in [0.1, 0.15) is 5.75 Å². The lowest BCUT2D eigenvalue weighted by Crippen LogP contribution is -2.37. The first-order chi connectivity index (χ1) is 9.28. The quantitative estimate of drug-likeness (QED) is 0.904. The molecule has 0 atom stereocenters. The molecule has 1 amide bonds. The van der Waals surface area contributed by atoms with Crippen LogP contribution >= 0.6 is 12.4 Å². The molecule has 110 valence electrons. The molecule has 5 heteroatoms. The van der Waals surface area contributed by atoms with Crippen molar-refractivity contribution in [2.45, 2.75) is 19.3 Å². The number of fused-ring (bicyclic) bond motifs is 1. The number of carbonyl (C=O) groups excluding carboxylic acids is 1. The molecule has 1 saturated carbocycles. The predicted molar refractivity (Wildman–Crippen MR) is 81.9 cm³/mol. The van der Waals surface area contributed by atoms with Crippen molar-refractivity contribution in [3.8, 4) is 5.75 Å². The fourth-order valence-electron chi connectivity index (χ4n) is 2.56. The Labute approximate surface area is 125 Å².